The Kier molecular flexibility index (Phi) is 4.46. The van der Waals surface area contributed by atoms with E-state index >= 15 is 0 Å². The number of hydrogen-bond donors (Lipinski definition) is 1. The largest absolute Gasteiger partial charge is 0.494 e. The highest BCUT2D eigenvalue weighted by Gasteiger charge is 2.14. The second-order valence-corrected chi connectivity index (χ2v) is 4.94. The van der Waals surface area contributed by atoms with Crippen molar-refractivity contribution in [1.29, 1.82) is 0 Å². The Morgan fingerprint density at radius 3 is 2.47 bits per heavy atom. The molecule has 0 aliphatic heterocycles. The zero-order valence-corrected chi connectivity index (χ0v) is 11.9. The number of halogens is 1. The lowest BCUT2D eigenvalue weighted by Crippen LogP contribution is -2.13. The molecule has 2 nitrogen and oxygen atoms in total. The summed E-state index contributed by atoms with van der Waals surface area (Å²) in [5.74, 6) is 0.843. The number of aryl methyl sites for hydroxylation is 1. The van der Waals surface area contributed by atoms with Crippen LogP contribution in [0.3, 0.4) is 0 Å². The van der Waals surface area contributed by atoms with Gasteiger partial charge in [-0.05, 0) is 37.6 Å². The molecule has 1 atom stereocenters. The number of nitrogens with two attached hydrogens (primary N) is 1. The van der Waals surface area contributed by atoms with Crippen LogP contribution in [-0.4, -0.2) is 6.61 Å². The van der Waals surface area contributed by atoms with Crippen molar-refractivity contribution in [2.75, 3.05) is 6.61 Å². The van der Waals surface area contributed by atoms with Gasteiger partial charge in [-0.3, -0.25) is 0 Å². The van der Waals surface area contributed by atoms with Gasteiger partial charge in [0.1, 0.15) is 5.75 Å². The van der Waals surface area contributed by atoms with E-state index in [9.17, 15) is 0 Å². The second-order valence-electron chi connectivity index (χ2n) is 4.50. The van der Waals surface area contributed by atoms with Crippen LogP contribution in [0, 0.1) is 6.92 Å². The lowest BCUT2D eigenvalue weighted by atomic mass is 9.97. The van der Waals surface area contributed by atoms with E-state index in [1.165, 1.54) is 5.56 Å². The van der Waals surface area contributed by atoms with Crippen molar-refractivity contribution in [3.05, 3.63) is 64.2 Å². The fraction of sp³-hybridized carbons (Fsp3) is 0.250. The molecule has 2 aromatic rings. The van der Waals surface area contributed by atoms with Crippen molar-refractivity contribution in [3.63, 3.8) is 0 Å². The van der Waals surface area contributed by atoms with Gasteiger partial charge in [0.25, 0.3) is 0 Å². The number of ether oxygens (including phenoxy) is 1. The molecule has 2 N–H and O–H groups in total. The Hall–Kier alpha value is -1.51. The smallest absolute Gasteiger partial charge is 0.124 e. The standard InChI is InChI=1S/C16H18ClNO/c1-3-19-15-9-4-11(2)10-14(15)16(18)12-5-7-13(17)8-6-12/h4-10,16H,3,18H2,1-2H3. The molecular formula is C16H18ClNO. The minimum absolute atomic E-state index is 0.210. The van der Waals surface area contributed by atoms with Gasteiger partial charge in [0.05, 0.1) is 12.6 Å². The summed E-state index contributed by atoms with van der Waals surface area (Å²) in [7, 11) is 0. The van der Waals surface area contributed by atoms with Crippen molar-refractivity contribution in [2.45, 2.75) is 19.9 Å². The van der Waals surface area contributed by atoms with E-state index in [1.807, 2.05) is 50.2 Å². The molecule has 0 aliphatic carbocycles. The van der Waals surface area contributed by atoms with Crippen LogP contribution in [0.15, 0.2) is 42.5 Å². The van der Waals surface area contributed by atoms with Gasteiger partial charge in [-0.15, -0.1) is 0 Å². The molecule has 0 aromatic heterocycles. The molecule has 2 aromatic carbocycles. The first-order chi connectivity index (χ1) is 9.11. The Bertz CT molecular complexity index is 551. The van der Waals surface area contributed by atoms with Crippen LogP contribution in [0.2, 0.25) is 5.02 Å². The van der Waals surface area contributed by atoms with E-state index in [2.05, 4.69) is 6.07 Å². The van der Waals surface area contributed by atoms with Crippen LogP contribution < -0.4 is 10.5 Å². The Balaban J connectivity index is 2.39. The average Bonchev–Trinajstić information content (AvgIpc) is 2.41. The molecule has 3 heteroatoms. The first kappa shape index (κ1) is 13.9. The number of benzene rings is 2. The van der Waals surface area contributed by atoms with Crippen molar-refractivity contribution in [3.8, 4) is 5.75 Å². The molecule has 0 radical (unpaired) electrons. The normalized spacial score (nSPS) is 12.2. The van der Waals surface area contributed by atoms with Gasteiger partial charge in [0, 0.05) is 10.6 Å². The van der Waals surface area contributed by atoms with Crippen molar-refractivity contribution in [1.82, 2.24) is 0 Å². The van der Waals surface area contributed by atoms with E-state index in [1.54, 1.807) is 0 Å². The molecule has 19 heavy (non-hydrogen) atoms. The van der Waals surface area contributed by atoms with E-state index in [0.29, 0.717) is 11.6 Å². The molecule has 0 fully saturated rings. The highest BCUT2D eigenvalue weighted by molar-refractivity contribution is 6.30. The van der Waals surface area contributed by atoms with Crippen LogP contribution in [0.5, 0.6) is 5.75 Å². The van der Waals surface area contributed by atoms with E-state index in [0.717, 1.165) is 16.9 Å². The molecule has 0 bridgehead atoms. The quantitative estimate of drug-likeness (QED) is 0.912. The second kappa shape index (κ2) is 6.09. The van der Waals surface area contributed by atoms with Crippen LogP contribution in [0.4, 0.5) is 0 Å². The van der Waals surface area contributed by atoms with E-state index < -0.39 is 0 Å². The van der Waals surface area contributed by atoms with Gasteiger partial charge < -0.3 is 10.5 Å². The lowest BCUT2D eigenvalue weighted by Gasteiger charge is -2.17. The highest BCUT2D eigenvalue weighted by Crippen LogP contribution is 2.30. The maximum Gasteiger partial charge on any atom is 0.124 e. The zero-order valence-electron chi connectivity index (χ0n) is 11.2. The summed E-state index contributed by atoms with van der Waals surface area (Å²) in [6.07, 6.45) is 0. The van der Waals surface area contributed by atoms with Gasteiger partial charge in [0.15, 0.2) is 0 Å². The Morgan fingerprint density at radius 1 is 1.16 bits per heavy atom. The summed E-state index contributed by atoms with van der Waals surface area (Å²) in [5, 5.41) is 0.713. The third kappa shape index (κ3) is 3.28. The molecule has 2 rings (SSSR count). The molecule has 0 saturated carbocycles. The summed E-state index contributed by atoms with van der Waals surface area (Å²) < 4.78 is 5.65. The lowest BCUT2D eigenvalue weighted by molar-refractivity contribution is 0.335. The summed E-state index contributed by atoms with van der Waals surface area (Å²) in [6.45, 7) is 4.65. The topological polar surface area (TPSA) is 35.2 Å². The SMILES string of the molecule is CCOc1ccc(C)cc1C(N)c1ccc(Cl)cc1. The predicted octanol–water partition coefficient (Wildman–Crippen LogP) is 4.10. The molecule has 0 aliphatic rings. The van der Waals surface area contributed by atoms with Gasteiger partial charge in [0.2, 0.25) is 0 Å². The van der Waals surface area contributed by atoms with Gasteiger partial charge >= 0.3 is 0 Å². The number of hydrogen-bond acceptors (Lipinski definition) is 2. The summed E-state index contributed by atoms with van der Waals surface area (Å²) >= 11 is 5.90. The van der Waals surface area contributed by atoms with Gasteiger partial charge in [-0.2, -0.15) is 0 Å². The monoisotopic (exact) mass is 275 g/mol. The molecule has 1 unspecified atom stereocenters. The van der Waals surface area contributed by atoms with Crippen molar-refractivity contribution < 1.29 is 4.74 Å². The third-order valence-electron chi connectivity index (χ3n) is 3.03. The Labute approximate surface area is 119 Å². The van der Waals surface area contributed by atoms with E-state index in [-0.39, 0.29) is 6.04 Å². The third-order valence-corrected chi connectivity index (χ3v) is 3.28. The minimum atomic E-state index is -0.210. The summed E-state index contributed by atoms with van der Waals surface area (Å²) in [5.41, 5.74) is 9.54. The molecule has 0 saturated heterocycles. The first-order valence-electron chi connectivity index (χ1n) is 6.36. The van der Waals surface area contributed by atoms with Crippen LogP contribution in [-0.2, 0) is 0 Å². The number of rotatable bonds is 4. The van der Waals surface area contributed by atoms with Gasteiger partial charge in [-0.25, -0.2) is 0 Å². The summed E-state index contributed by atoms with van der Waals surface area (Å²) in [6, 6.07) is 13.5. The molecule has 0 spiro atoms. The summed E-state index contributed by atoms with van der Waals surface area (Å²) in [4.78, 5) is 0. The first-order valence-corrected chi connectivity index (χ1v) is 6.74. The molecular weight excluding hydrogens is 258 g/mol. The fourth-order valence-electron chi connectivity index (χ4n) is 2.05. The minimum Gasteiger partial charge on any atom is -0.494 e. The highest BCUT2D eigenvalue weighted by atomic mass is 35.5. The van der Waals surface area contributed by atoms with E-state index in [4.69, 9.17) is 22.1 Å². The molecule has 0 heterocycles. The van der Waals surface area contributed by atoms with Crippen molar-refractivity contribution in [2.24, 2.45) is 5.73 Å². The van der Waals surface area contributed by atoms with Crippen LogP contribution >= 0.6 is 11.6 Å². The molecule has 0 amide bonds. The predicted molar refractivity (Wildman–Crippen MR) is 79.8 cm³/mol. The zero-order chi connectivity index (χ0) is 13.8. The molecule has 100 valence electrons. The van der Waals surface area contributed by atoms with Crippen LogP contribution in [0.25, 0.3) is 0 Å². The Morgan fingerprint density at radius 2 is 1.84 bits per heavy atom. The van der Waals surface area contributed by atoms with Crippen molar-refractivity contribution >= 4 is 11.6 Å². The van der Waals surface area contributed by atoms with Crippen LogP contribution in [0.1, 0.15) is 29.7 Å². The maximum atomic E-state index is 6.34. The fourth-order valence-corrected chi connectivity index (χ4v) is 2.17. The van der Waals surface area contributed by atoms with Gasteiger partial charge in [-0.1, -0.05) is 41.4 Å². The maximum absolute atomic E-state index is 6.34. The average molecular weight is 276 g/mol.